The number of amides is 1. The van der Waals surface area contributed by atoms with Gasteiger partial charge in [-0.2, -0.15) is 0 Å². The van der Waals surface area contributed by atoms with Gasteiger partial charge in [0.25, 0.3) is 5.91 Å². The lowest BCUT2D eigenvalue weighted by atomic mass is 10.0. The van der Waals surface area contributed by atoms with Gasteiger partial charge in [0.1, 0.15) is 5.75 Å². The van der Waals surface area contributed by atoms with Crippen molar-refractivity contribution in [2.45, 2.75) is 24.7 Å². The van der Waals surface area contributed by atoms with Crippen LogP contribution in [-0.2, 0) is 14.8 Å². The Hall–Kier alpha value is -2.58. The third-order valence-corrected chi connectivity index (χ3v) is 4.86. The average molecular weight is 391 g/mol. The van der Waals surface area contributed by atoms with Crippen molar-refractivity contribution in [3.05, 3.63) is 48.0 Å². The molecule has 27 heavy (non-hydrogen) atoms. The van der Waals surface area contributed by atoms with Crippen LogP contribution in [-0.4, -0.2) is 35.0 Å². The summed E-state index contributed by atoms with van der Waals surface area (Å²) in [6, 6.07) is 11.9. The minimum atomic E-state index is -3.88. The quantitative estimate of drug-likeness (QED) is 0.755. The van der Waals surface area contributed by atoms with E-state index in [2.05, 4.69) is 5.32 Å². The fourth-order valence-corrected chi connectivity index (χ4v) is 3.14. The first-order valence-electron chi connectivity index (χ1n) is 8.45. The number of para-hydroxylation sites is 1. The maximum atomic E-state index is 12.4. The highest BCUT2D eigenvalue weighted by atomic mass is 32.2. The van der Waals surface area contributed by atoms with Gasteiger partial charge in [-0.3, -0.25) is 4.79 Å². The number of primary sulfonamides is 1. The number of nitrogens with zero attached hydrogens (tertiary/aromatic N) is 1. The van der Waals surface area contributed by atoms with E-state index < -0.39 is 15.9 Å². The monoisotopic (exact) mass is 391 g/mol. The molecular weight excluding hydrogens is 366 g/mol. The predicted molar refractivity (Wildman–Crippen MR) is 107 cm³/mol. The Kier molecular flexibility index (Phi) is 6.45. The van der Waals surface area contributed by atoms with Gasteiger partial charge in [-0.25, -0.2) is 13.6 Å². The number of ether oxygens (including phenoxy) is 1. The Bertz CT molecular complexity index is 924. The van der Waals surface area contributed by atoms with E-state index in [1.54, 1.807) is 25.1 Å². The van der Waals surface area contributed by atoms with E-state index in [0.717, 1.165) is 5.56 Å². The van der Waals surface area contributed by atoms with Crippen molar-refractivity contribution >= 4 is 27.3 Å². The van der Waals surface area contributed by atoms with Crippen LogP contribution in [0, 0.1) is 0 Å². The van der Waals surface area contributed by atoms with Gasteiger partial charge in [0.05, 0.1) is 16.3 Å². The fourth-order valence-electron chi connectivity index (χ4n) is 2.60. The number of nitrogens with one attached hydrogen (secondary N) is 1. The molecule has 3 N–H and O–H groups in total. The number of carbonyl (C=O) groups excluding carboxylic acids is 1. The van der Waals surface area contributed by atoms with E-state index >= 15 is 0 Å². The van der Waals surface area contributed by atoms with Crippen LogP contribution >= 0.6 is 0 Å². The largest absolute Gasteiger partial charge is 0.483 e. The van der Waals surface area contributed by atoms with Crippen LogP contribution in [0.1, 0.15) is 25.3 Å². The predicted octanol–water partition coefficient (Wildman–Crippen LogP) is 2.54. The summed E-state index contributed by atoms with van der Waals surface area (Å²) in [5, 5.41) is 7.88. The van der Waals surface area contributed by atoms with Gasteiger partial charge in [0, 0.05) is 14.1 Å². The number of hydrogen-bond donors (Lipinski definition) is 2. The lowest BCUT2D eigenvalue weighted by Gasteiger charge is -2.19. The molecule has 0 saturated heterocycles. The zero-order valence-corrected chi connectivity index (χ0v) is 16.7. The second kappa shape index (κ2) is 8.41. The molecule has 2 aromatic carbocycles. The van der Waals surface area contributed by atoms with Crippen LogP contribution < -0.4 is 20.1 Å². The highest BCUT2D eigenvalue weighted by molar-refractivity contribution is 7.89. The molecule has 0 aliphatic rings. The number of sulfonamides is 1. The fraction of sp³-hybridized carbons (Fsp3) is 0.316. The number of anilines is 2. The smallest absolute Gasteiger partial charge is 0.262 e. The van der Waals surface area contributed by atoms with E-state index in [1.807, 2.05) is 38.1 Å². The highest BCUT2D eigenvalue weighted by Crippen LogP contribution is 2.28. The summed E-state index contributed by atoms with van der Waals surface area (Å²) < 4.78 is 28.8. The van der Waals surface area contributed by atoms with Crippen molar-refractivity contribution in [1.82, 2.24) is 0 Å². The summed E-state index contributed by atoms with van der Waals surface area (Å²) in [7, 11) is -0.298. The molecule has 0 heterocycles. The number of rotatable bonds is 7. The van der Waals surface area contributed by atoms with Crippen molar-refractivity contribution in [1.29, 1.82) is 0 Å². The number of nitrogens with two attached hydrogens (primary N) is 1. The summed E-state index contributed by atoms with van der Waals surface area (Å²) >= 11 is 0. The molecule has 0 aliphatic heterocycles. The van der Waals surface area contributed by atoms with Crippen LogP contribution in [0.15, 0.2) is 47.4 Å². The Morgan fingerprint density at radius 1 is 1.19 bits per heavy atom. The molecule has 0 unspecified atom stereocenters. The highest BCUT2D eigenvalue weighted by Gasteiger charge is 2.15. The maximum absolute atomic E-state index is 12.4. The first-order valence-corrected chi connectivity index (χ1v) is 10.00. The first kappa shape index (κ1) is 20.7. The molecule has 2 rings (SSSR count). The molecule has 0 bridgehead atoms. The molecule has 0 fully saturated rings. The third kappa shape index (κ3) is 5.45. The summed E-state index contributed by atoms with van der Waals surface area (Å²) in [6.07, 6.45) is 0. The lowest BCUT2D eigenvalue weighted by molar-refractivity contribution is -0.118. The zero-order valence-electron chi connectivity index (χ0n) is 15.9. The van der Waals surface area contributed by atoms with Crippen molar-refractivity contribution in [3.63, 3.8) is 0 Å². The van der Waals surface area contributed by atoms with Gasteiger partial charge in [0.2, 0.25) is 10.0 Å². The molecule has 0 atom stereocenters. The van der Waals surface area contributed by atoms with Crippen molar-refractivity contribution in [3.8, 4) is 5.75 Å². The molecule has 0 radical (unpaired) electrons. The van der Waals surface area contributed by atoms with Crippen molar-refractivity contribution in [2.75, 3.05) is 30.9 Å². The number of hydrogen-bond acceptors (Lipinski definition) is 5. The van der Waals surface area contributed by atoms with Gasteiger partial charge in [-0.1, -0.05) is 32.0 Å². The number of carbonyl (C=O) groups is 1. The van der Waals surface area contributed by atoms with Crippen LogP contribution in [0.4, 0.5) is 11.4 Å². The second-order valence-electron chi connectivity index (χ2n) is 6.65. The normalized spacial score (nSPS) is 11.3. The molecule has 0 aliphatic carbocycles. The minimum absolute atomic E-state index is 0.0746. The Labute approximate surface area is 160 Å². The molecule has 0 aromatic heterocycles. The SMILES string of the molecule is CC(C)c1ccccc1OCC(=O)Nc1cc(S(N)(=O)=O)ccc1N(C)C. The standard InChI is InChI=1S/C19H25N3O4S/c1-13(2)15-7-5-6-8-18(15)26-12-19(23)21-16-11-14(27(20,24)25)9-10-17(16)22(3)4/h5-11,13H,12H2,1-4H3,(H,21,23)(H2,20,24,25). The summed E-state index contributed by atoms with van der Waals surface area (Å²) in [5.41, 5.74) is 2.01. The molecule has 8 heteroatoms. The molecular formula is C19H25N3O4S. The molecule has 0 saturated carbocycles. The maximum Gasteiger partial charge on any atom is 0.262 e. The van der Waals surface area contributed by atoms with E-state index in [1.165, 1.54) is 12.1 Å². The molecule has 1 amide bonds. The Balaban J connectivity index is 2.18. The molecule has 2 aromatic rings. The van der Waals surface area contributed by atoms with Gasteiger partial charge in [-0.05, 0) is 35.7 Å². The van der Waals surface area contributed by atoms with Crippen LogP contribution in [0.5, 0.6) is 5.75 Å². The summed E-state index contributed by atoms with van der Waals surface area (Å²) in [6.45, 7) is 3.89. The lowest BCUT2D eigenvalue weighted by Crippen LogP contribution is -2.23. The Morgan fingerprint density at radius 2 is 1.85 bits per heavy atom. The second-order valence-corrected chi connectivity index (χ2v) is 8.21. The van der Waals surface area contributed by atoms with E-state index in [0.29, 0.717) is 17.1 Å². The van der Waals surface area contributed by atoms with Gasteiger partial charge < -0.3 is 15.0 Å². The average Bonchev–Trinajstić information content (AvgIpc) is 2.59. The van der Waals surface area contributed by atoms with Crippen molar-refractivity contribution < 1.29 is 17.9 Å². The van der Waals surface area contributed by atoms with Crippen LogP contribution in [0.2, 0.25) is 0 Å². The molecule has 7 nitrogen and oxygen atoms in total. The van der Waals surface area contributed by atoms with Gasteiger partial charge in [0.15, 0.2) is 6.61 Å². The van der Waals surface area contributed by atoms with Crippen LogP contribution in [0.25, 0.3) is 0 Å². The van der Waals surface area contributed by atoms with E-state index in [9.17, 15) is 13.2 Å². The van der Waals surface area contributed by atoms with Gasteiger partial charge >= 0.3 is 0 Å². The van der Waals surface area contributed by atoms with E-state index in [-0.39, 0.29) is 17.4 Å². The summed E-state index contributed by atoms with van der Waals surface area (Å²) in [4.78, 5) is 14.1. The van der Waals surface area contributed by atoms with Crippen LogP contribution in [0.3, 0.4) is 0 Å². The summed E-state index contributed by atoms with van der Waals surface area (Å²) in [5.74, 6) is 0.507. The zero-order chi connectivity index (χ0) is 20.2. The topological polar surface area (TPSA) is 102 Å². The Morgan fingerprint density at radius 3 is 2.44 bits per heavy atom. The number of benzene rings is 2. The molecule has 146 valence electrons. The third-order valence-electron chi connectivity index (χ3n) is 3.95. The van der Waals surface area contributed by atoms with E-state index in [4.69, 9.17) is 9.88 Å². The van der Waals surface area contributed by atoms with Gasteiger partial charge in [-0.15, -0.1) is 0 Å². The minimum Gasteiger partial charge on any atom is -0.483 e. The first-order chi connectivity index (χ1) is 12.6. The molecule has 0 spiro atoms. The van der Waals surface area contributed by atoms with Crippen molar-refractivity contribution in [2.24, 2.45) is 5.14 Å².